The van der Waals surface area contributed by atoms with Crippen LogP contribution in [0.3, 0.4) is 0 Å². The van der Waals surface area contributed by atoms with Crippen molar-refractivity contribution in [2.45, 2.75) is 32.0 Å². The Labute approximate surface area is 145 Å². The van der Waals surface area contributed by atoms with Crippen molar-refractivity contribution in [2.75, 3.05) is 20.3 Å². The van der Waals surface area contributed by atoms with E-state index in [1.807, 2.05) is 30.5 Å². The summed E-state index contributed by atoms with van der Waals surface area (Å²) in [5, 5.41) is 0.628. The third-order valence-electron chi connectivity index (χ3n) is 4.35. The Morgan fingerprint density at radius 2 is 2.00 bits per heavy atom. The summed E-state index contributed by atoms with van der Waals surface area (Å²) in [7, 11) is 1.74. The predicted octanol–water partition coefficient (Wildman–Crippen LogP) is 3.58. The number of carbonyl (C=O) groups is 1. The van der Waals surface area contributed by atoms with Crippen LogP contribution in [0.4, 0.5) is 0 Å². The molecule has 0 N–H and O–H groups in total. The number of ether oxygens (including phenoxy) is 3. The van der Waals surface area contributed by atoms with Gasteiger partial charge >= 0.3 is 0 Å². The third kappa shape index (κ3) is 3.66. The smallest absolute Gasteiger partial charge is 0.273 e. The highest BCUT2D eigenvalue weighted by Gasteiger charge is 2.36. The summed E-state index contributed by atoms with van der Waals surface area (Å²) in [6, 6.07) is 7.44. The number of ketones is 1. The van der Waals surface area contributed by atoms with E-state index in [2.05, 4.69) is 4.98 Å². The molecule has 0 radical (unpaired) electrons. The van der Waals surface area contributed by atoms with Crippen molar-refractivity contribution in [2.24, 2.45) is 0 Å². The normalized spacial score (nSPS) is 16.8. The molecule has 1 aliphatic rings. The second-order valence-corrected chi connectivity index (χ2v) is 6.84. The summed E-state index contributed by atoms with van der Waals surface area (Å²) in [5.74, 6) is 0.0633. The van der Waals surface area contributed by atoms with Crippen LogP contribution in [-0.2, 0) is 21.7 Å². The Kier molecular flexibility index (Phi) is 5.28. The van der Waals surface area contributed by atoms with Gasteiger partial charge in [0.15, 0.2) is 5.78 Å². The summed E-state index contributed by atoms with van der Waals surface area (Å²) >= 11 is 1.52. The maximum absolute atomic E-state index is 11.3. The van der Waals surface area contributed by atoms with Crippen molar-refractivity contribution in [3.8, 4) is 5.19 Å². The molecule has 3 rings (SSSR count). The third-order valence-corrected chi connectivity index (χ3v) is 5.44. The maximum Gasteiger partial charge on any atom is 0.273 e. The van der Waals surface area contributed by atoms with Crippen molar-refractivity contribution in [3.05, 3.63) is 46.5 Å². The first kappa shape index (κ1) is 17.1. The largest absolute Gasteiger partial charge is 0.465 e. The molecule has 1 aromatic carbocycles. The SMILES string of the molecule is COC1(c2cnc(OCc3ccc(C(C)=O)cc3)s2)CCOCC1. The minimum Gasteiger partial charge on any atom is -0.465 e. The lowest BCUT2D eigenvalue weighted by atomic mass is 9.93. The van der Waals surface area contributed by atoms with Gasteiger partial charge in [0.25, 0.3) is 5.19 Å². The van der Waals surface area contributed by atoms with Gasteiger partial charge in [-0.25, -0.2) is 4.98 Å². The van der Waals surface area contributed by atoms with Crippen molar-refractivity contribution in [1.82, 2.24) is 4.98 Å². The second-order valence-electron chi connectivity index (χ2n) is 5.84. The standard InChI is InChI=1S/C18H21NO4S/c1-13(20)15-5-3-14(4-6-15)12-23-17-19-11-16(24-17)18(21-2)7-9-22-10-8-18/h3-6,11H,7-10,12H2,1-2H3. The summed E-state index contributed by atoms with van der Waals surface area (Å²) in [6.07, 6.45) is 3.50. The zero-order chi connectivity index (χ0) is 17.0. The first-order chi connectivity index (χ1) is 11.6. The Balaban J connectivity index is 1.64. The molecule has 0 saturated carbocycles. The molecule has 5 nitrogen and oxygen atoms in total. The highest BCUT2D eigenvalue weighted by molar-refractivity contribution is 7.13. The van der Waals surface area contributed by atoms with Crippen LogP contribution < -0.4 is 4.74 Å². The Bertz CT molecular complexity index is 689. The van der Waals surface area contributed by atoms with Gasteiger partial charge in [-0.15, -0.1) is 0 Å². The monoisotopic (exact) mass is 347 g/mol. The van der Waals surface area contributed by atoms with Crippen LogP contribution in [0.1, 0.15) is 40.6 Å². The molecular formula is C18H21NO4S. The summed E-state index contributed by atoms with van der Waals surface area (Å²) in [4.78, 5) is 16.7. The number of aromatic nitrogens is 1. The number of rotatable bonds is 6. The fourth-order valence-corrected chi connectivity index (χ4v) is 3.76. The maximum atomic E-state index is 11.3. The van der Waals surface area contributed by atoms with Crippen LogP contribution in [0.2, 0.25) is 0 Å². The van der Waals surface area contributed by atoms with Gasteiger partial charge in [-0.05, 0) is 12.5 Å². The zero-order valence-corrected chi connectivity index (χ0v) is 14.7. The van der Waals surface area contributed by atoms with Crippen LogP contribution >= 0.6 is 11.3 Å². The lowest BCUT2D eigenvalue weighted by molar-refractivity contribution is -0.0926. The number of methoxy groups -OCH3 is 1. The molecule has 24 heavy (non-hydrogen) atoms. The minimum atomic E-state index is -0.305. The molecule has 1 fully saturated rings. The molecule has 2 heterocycles. The fourth-order valence-electron chi connectivity index (χ4n) is 2.77. The molecule has 1 saturated heterocycles. The quantitative estimate of drug-likeness (QED) is 0.748. The van der Waals surface area contributed by atoms with E-state index in [0.717, 1.165) is 23.3 Å². The van der Waals surface area contributed by atoms with Gasteiger partial charge in [0.1, 0.15) is 12.2 Å². The Morgan fingerprint density at radius 3 is 2.62 bits per heavy atom. The number of benzene rings is 1. The van der Waals surface area contributed by atoms with E-state index in [-0.39, 0.29) is 11.4 Å². The molecule has 2 aromatic rings. The van der Waals surface area contributed by atoms with Gasteiger partial charge in [0.05, 0.1) is 4.88 Å². The van der Waals surface area contributed by atoms with E-state index in [4.69, 9.17) is 14.2 Å². The molecular weight excluding hydrogens is 326 g/mol. The van der Waals surface area contributed by atoms with E-state index >= 15 is 0 Å². The summed E-state index contributed by atoms with van der Waals surface area (Å²) < 4.78 is 17.0. The number of Topliss-reactive ketones (excluding diaryl/α,β-unsaturated/α-hetero) is 1. The van der Waals surface area contributed by atoms with E-state index < -0.39 is 0 Å². The van der Waals surface area contributed by atoms with Crippen molar-refractivity contribution in [3.63, 3.8) is 0 Å². The van der Waals surface area contributed by atoms with Crippen molar-refractivity contribution in [1.29, 1.82) is 0 Å². The topological polar surface area (TPSA) is 57.7 Å². The number of nitrogens with zero attached hydrogens (tertiary/aromatic N) is 1. The first-order valence-corrected chi connectivity index (χ1v) is 8.76. The van der Waals surface area contributed by atoms with E-state index in [1.54, 1.807) is 14.0 Å². The minimum absolute atomic E-state index is 0.0633. The number of thiazole rings is 1. The van der Waals surface area contributed by atoms with Crippen LogP contribution in [-0.4, -0.2) is 31.1 Å². The average Bonchev–Trinajstić information content (AvgIpc) is 3.10. The molecule has 0 unspecified atom stereocenters. The van der Waals surface area contributed by atoms with Gasteiger partial charge in [-0.3, -0.25) is 4.79 Å². The zero-order valence-electron chi connectivity index (χ0n) is 13.9. The second kappa shape index (κ2) is 7.42. The number of carbonyl (C=O) groups excluding carboxylic acids is 1. The number of hydrogen-bond donors (Lipinski definition) is 0. The van der Waals surface area contributed by atoms with Crippen LogP contribution in [0.25, 0.3) is 0 Å². The summed E-state index contributed by atoms with van der Waals surface area (Å²) in [5.41, 5.74) is 1.40. The van der Waals surface area contributed by atoms with E-state index in [1.165, 1.54) is 11.3 Å². The highest BCUT2D eigenvalue weighted by atomic mass is 32.1. The van der Waals surface area contributed by atoms with E-state index in [9.17, 15) is 4.79 Å². The fraction of sp³-hybridized carbons (Fsp3) is 0.444. The van der Waals surface area contributed by atoms with Crippen LogP contribution in [0, 0.1) is 0 Å². The number of hydrogen-bond acceptors (Lipinski definition) is 6. The summed E-state index contributed by atoms with van der Waals surface area (Å²) in [6.45, 7) is 3.38. The first-order valence-electron chi connectivity index (χ1n) is 7.95. The highest BCUT2D eigenvalue weighted by Crippen LogP contribution is 2.40. The molecule has 128 valence electrons. The lowest BCUT2D eigenvalue weighted by Gasteiger charge is -2.34. The van der Waals surface area contributed by atoms with Gasteiger partial charge in [-0.1, -0.05) is 35.6 Å². The predicted molar refractivity (Wildman–Crippen MR) is 91.6 cm³/mol. The van der Waals surface area contributed by atoms with Crippen molar-refractivity contribution < 1.29 is 19.0 Å². The molecule has 0 aliphatic carbocycles. The van der Waals surface area contributed by atoms with Crippen LogP contribution in [0.5, 0.6) is 5.19 Å². The lowest BCUT2D eigenvalue weighted by Crippen LogP contribution is -2.34. The van der Waals surface area contributed by atoms with Gasteiger partial charge in [0.2, 0.25) is 0 Å². The van der Waals surface area contributed by atoms with Gasteiger partial charge in [0, 0.05) is 44.9 Å². The molecule has 0 bridgehead atoms. The molecule has 1 aromatic heterocycles. The van der Waals surface area contributed by atoms with Gasteiger partial charge in [-0.2, -0.15) is 0 Å². The van der Waals surface area contributed by atoms with Crippen LogP contribution in [0.15, 0.2) is 30.5 Å². The average molecular weight is 347 g/mol. The molecule has 0 amide bonds. The molecule has 0 atom stereocenters. The van der Waals surface area contributed by atoms with Gasteiger partial charge < -0.3 is 14.2 Å². The Hall–Kier alpha value is -1.76. The molecule has 1 aliphatic heterocycles. The van der Waals surface area contributed by atoms with Crippen molar-refractivity contribution >= 4 is 17.1 Å². The van der Waals surface area contributed by atoms with E-state index in [0.29, 0.717) is 30.6 Å². The Morgan fingerprint density at radius 1 is 1.29 bits per heavy atom. The molecule has 0 spiro atoms. The molecule has 6 heteroatoms.